The first kappa shape index (κ1) is 23.7. The van der Waals surface area contributed by atoms with E-state index >= 15 is 0 Å². The van der Waals surface area contributed by atoms with E-state index in [1.54, 1.807) is 12.3 Å². The van der Waals surface area contributed by atoms with Crippen LogP contribution in [0.3, 0.4) is 0 Å². The fraction of sp³-hybridized carbons (Fsp3) is 0.407. The molecule has 3 aromatic rings. The van der Waals surface area contributed by atoms with Crippen LogP contribution < -0.4 is 5.32 Å². The quantitative estimate of drug-likeness (QED) is 0.494. The van der Waals surface area contributed by atoms with Crippen molar-refractivity contribution in [1.29, 1.82) is 0 Å². The van der Waals surface area contributed by atoms with Crippen molar-refractivity contribution in [1.82, 2.24) is 15.2 Å². The minimum atomic E-state index is -0.193. The molecule has 2 aromatic heterocycles. The average Bonchev–Trinajstić information content (AvgIpc) is 3.22. The van der Waals surface area contributed by atoms with Gasteiger partial charge >= 0.3 is 0 Å². The number of hydrogen-bond donors (Lipinski definition) is 1. The van der Waals surface area contributed by atoms with Crippen LogP contribution in [0.15, 0.2) is 65.2 Å². The molecule has 3 rings (SSSR count). The summed E-state index contributed by atoms with van der Waals surface area (Å²) in [6.07, 6.45) is 2.45. The average molecular weight is 434 g/mol. The Hall–Kier alpha value is -2.92. The van der Waals surface area contributed by atoms with Crippen molar-refractivity contribution >= 4 is 5.91 Å². The zero-order valence-corrected chi connectivity index (χ0v) is 19.9. The van der Waals surface area contributed by atoms with Gasteiger partial charge in [-0.25, -0.2) is 0 Å². The largest absolute Gasteiger partial charge is 0.455 e. The summed E-state index contributed by atoms with van der Waals surface area (Å²) >= 11 is 0. The van der Waals surface area contributed by atoms with Crippen molar-refractivity contribution in [3.8, 4) is 0 Å². The van der Waals surface area contributed by atoms with E-state index in [9.17, 15) is 4.79 Å². The molecule has 1 aromatic carbocycles. The second kappa shape index (κ2) is 10.6. The fourth-order valence-corrected chi connectivity index (χ4v) is 3.49. The molecule has 0 saturated carbocycles. The highest BCUT2D eigenvalue weighted by Gasteiger charge is 2.17. The normalized spacial score (nSPS) is 11.8. The highest BCUT2D eigenvalue weighted by atomic mass is 16.4. The predicted molar refractivity (Wildman–Crippen MR) is 129 cm³/mol. The maximum absolute atomic E-state index is 12.4. The Balaban J connectivity index is 1.56. The van der Waals surface area contributed by atoms with E-state index in [2.05, 4.69) is 74.1 Å². The van der Waals surface area contributed by atoms with Gasteiger partial charge in [-0.3, -0.25) is 14.7 Å². The molecular formula is C27H35N3O2. The second-order valence-corrected chi connectivity index (χ2v) is 9.54. The molecule has 0 fully saturated rings. The number of furan rings is 1. The van der Waals surface area contributed by atoms with E-state index in [0.717, 1.165) is 18.0 Å². The van der Waals surface area contributed by atoms with Crippen LogP contribution in [0.5, 0.6) is 0 Å². The molecule has 1 amide bonds. The molecule has 0 radical (unpaired) electrons. The highest BCUT2D eigenvalue weighted by Crippen LogP contribution is 2.23. The number of pyridine rings is 1. The van der Waals surface area contributed by atoms with Gasteiger partial charge < -0.3 is 9.73 Å². The maximum Gasteiger partial charge on any atom is 0.287 e. The lowest BCUT2D eigenvalue weighted by Gasteiger charge is -2.26. The van der Waals surface area contributed by atoms with E-state index in [-0.39, 0.29) is 11.3 Å². The minimum absolute atomic E-state index is 0.152. The molecule has 0 atom stereocenters. The fourth-order valence-electron chi connectivity index (χ4n) is 3.49. The molecular weight excluding hydrogens is 398 g/mol. The van der Waals surface area contributed by atoms with Crippen molar-refractivity contribution in [3.05, 3.63) is 89.1 Å². The first-order chi connectivity index (χ1) is 15.2. The summed E-state index contributed by atoms with van der Waals surface area (Å²) in [6.45, 7) is 13.0. The van der Waals surface area contributed by atoms with Gasteiger partial charge in [0, 0.05) is 37.4 Å². The number of rotatable bonds is 9. The Morgan fingerprint density at radius 1 is 1.03 bits per heavy atom. The van der Waals surface area contributed by atoms with Crippen molar-refractivity contribution in [2.24, 2.45) is 0 Å². The summed E-state index contributed by atoms with van der Waals surface area (Å²) in [7, 11) is 0. The van der Waals surface area contributed by atoms with Gasteiger partial charge in [-0.05, 0) is 54.7 Å². The van der Waals surface area contributed by atoms with Gasteiger partial charge in [0.25, 0.3) is 5.91 Å². The van der Waals surface area contributed by atoms with E-state index in [4.69, 9.17) is 4.42 Å². The summed E-state index contributed by atoms with van der Waals surface area (Å²) in [5.41, 5.74) is 3.71. The van der Waals surface area contributed by atoms with Gasteiger partial charge in [-0.1, -0.05) is 51.1 Å². The van der Waals surface area contributed by atoms with Gasteiger partial charge in [0.05, 0.1) is 6.54 Å². The van der Waals surface area contributed by atoms with Gasteiger partial charge in [-0.2, -0.15) is 0 Å². The molecule has 0 aliphatic carbocycles. The number of benzene rings is 1. The molecule has 0 aliphatic heterocycles. The lowest BCUT2D eigenvalue weighted by atomic mass is 9.87. The van der Waals surface area contributed by atoms with E-state index in [1.807, 2.05) is 24.3 Å². The molecule has 1 N–H and O–H groups in total. The zero-order chi connectivity index (χ0) is 23.1. The van der Waals surface area contributed by atoms with Gasteiger partial charge in [-0.15, -0.1) is 0 Å². The van der Waals surface area contributed by atoms with Crippen molar-refractivity contribution in [3.63, 3.8) is 0 Å². The SMILES string of the molecule is CC(C)N(Cc1ccc(C(C)(C)C)cc1)Cc1ccc(C(=O)NCCc2ccccn2)o1. The van der Waals surface area contributed by atoms with Crippen LogP contribution in [0, 0.1) is 0 Å². The summed E-state index contributed by atoms with van der Waals surface area (Å²) in [4.78, 5) is 19.0. The third kappa shape index (κ3) is 6.79. The topological polar surface area (TPSA) is 58.4 Å². The standard InChI is InChI=1S/C27H35N3O2/c1-20(2)30(18-21-9-11-22(12-10-21)27(3,4)5)19-24-13-14-25(32-24)26(31)29-17-15-23-8-6-7-16-28-23/h6-14,16,20H,15,17-19H2,1-5H3,(H,29,31). The van der Waals surface area contributed by atoms with Crippen LogP contribution in [0.4, 0.5) is 0 Å². The minimum Gasteiger partial charge on any atom is -0.455 e. The molecule has 0 saturated heterocycles. The second-order valence-electron chi connectivity index (χ2n) is 9.54. The number of amides is 1. The number of nitrogens with zero attached hydrogens (tertiary/aromatic N) is 2. The zero-order valence-electron chi connectivity index (χ0n) is 19.9. The van der Waals surface area contributed by atoms with Crippen LogP contribution >= 0.6 is 0 Å². The van der Waals surface area contributed by atoms with Gasteiger partial charge in [0.15, 0.2) is 5.76 Å². The summed E-state index contributed by atoms with van der Waals surface area (Å²) in [5, 5.41) is 2.91. The number of aromatic nitrogens is 1. The van der Waals surface area contributed by atoms with Crippen molar-refractivity contribution in [2.75, 3.05) is 6.54 Å². The first-order valence-electron chi connectivity index (χ1n) is 11.3. The van der Waals surface area contributed by atoms with Crippen molar-refractivity contribution in [2.45, 2.75) is 65.6 Å². The summed E-state index contributed by atoms with van der Waals surface area (Å²) in [5.74, 6) is 0.945. The Bertz CT molecular complexity index is 986. The Morgan fingerprint density at radius 3 is 2.41 bits per heavy atom. The van der Waals surface area contributed by atoms with E-state index < -0.39 is 0 Å². The smallest absolute Gasteiger partial charge is 0.287 e. The third-order valence-electron chi connectivity index (χ3n) is 5.57. The van der Waals surface area contributed by atoms with Crippen LogP contribution in [-0.2, 0) is 24.9 Å². The number of carbonyl (C=O) groups is 1. The molecule has 0 bridgehead atoms. The van der Waals surface area contributed by atoms with E-state index in [1.165, 1.54) is 11.1 Å². The molecule has 32 heavy (non-hydrogen) atoms. The molecule has 5 heteroatoms. The third-order valence-corrected chi connectivity index (χ3v) is 5.57. The lowest BCUT2D eigenvalue weighted by molar-refractivity contribution is 0.0921. The van der Waals surface area contributed by atoms with Crippen molar-refractivity contribution < 1.29 is 9.21 Å². The Labute approximate surface area is 191 Å². The Kier molecular flexibility index (Phi) is 7.86. The molecule has 0 unspecified atom stereocenters. The molecule has 0 spiro atoms. The highest BCUT2D eigenvalue weighted by molar-refractivity contribution is 5.91. The summed E-state index contributed by atoms with van der Waals surface area (Å²) in [6, 6.07) is 18.6. The molecule has 5 nitrogen and oxygen atoms in total. The maximum atomic E-state index is 12.4. The van der Waals surface area contributed by atoms with Gasteiger partial charge in [0.1, 0.15) is 5.76 Å². The van der Waals surface area contributed by atoms with Crippen LogP contribution in [0.1, 0.15) is 67.8 Å². The first-order valence-corrected chi connectivity index (χ1v) is 11.3. The molecule has 2 heterocycles. The van der Waals surface area contributed by atoms with Crippen LogP contribution in [-0.4, -0.2) is 28.4 Å². The van der Waals surface area contributed by atoms with Crippen LogP contribution in [0.2, 0.25) is 0 Å². The monoisotopic (exact) mass is 433 g/mol. The predicted octanol–water partition coefficient (Wildman–Crippen LogP) is 5.36. The van der Waals surface area contributed by atoms with E-state index in [0.29, 0.717) is 31.3 Å². The molecule has 0 aliphatic rings. The molecule has 170 valence electrons. The Morgan fingerprint density at radius 2 is 1.78 bits per heavy atom. The summed E-state index contributed by atoms with van der Waals surface area (Å²) < 4.78 is 5.86. The number of nitrogens with one attached hydrogen (secondary N) is 1. The van der Waals surface area contributed by atoms with Gasteiger partial charge in [0.2, 0.25) is 0 Å². The lowest BCUT2D eigenvalue weighted by Crippen LogP contribution is -2.29. The number of carbonyl (C=O) groups excluding carboxylic acids is 1. The van der Waals surface area contributed by atoms with Crippen LogP contribution in [0.25, 0.3) is 0 Å². The number of hydrogen-bond acceptors (Lipinski definition) is 4.